The van der Waals surface area contributed by atoms with Crippen LogP contribution in [0.25, 0.3) is 0 Å². The smallest absolute Gasteiger partial charge is 0.253 e. The molecule has 1 aromatic carbocycles. The van der Waals surface area contributed by atoms with Crippen molar-refractivity contribution in [3.63, 3.8) is 0 Å². The topological polar surface area (TPSA) is 110 Å². The molecule has 0 saturated carbocycles. The van der Waals surface area contributed by atoms with Crippen molar-refractivity contribution in [3.05, 3.63) is 29.8 Å². The van der Waals surface area contributed by atoms with Gasteiger partial charge in [0.05, 0.1) is 23.0 Å². The third kappa shape index (κ3) is 5.00. The first-order chi connectivity index (χ1) is 11.7. The van der Waals surface area contributed by atoms with E-state index >= 15 is 0 Å². The van der Waals surface area contributed by atoms with Crippen molar-refractivity contribution in [1.82, 2.24) is 9.62 Å². The lowest BCUT2D eigenvalue weighted by molar-refractivity contribution is 0.0747. The summed E-state index contributed by atoms with van der Waals surface area (Å²) in [4.78, 5) is 13.9. The highest BCUT2D eigenvalue weighted by molar-refractivity contribution is 7.91. The van der Waals surface area contributed by atoms with Gasteiger partial charge in [0.15, 0.2) is 9.84 Å². The van der Waals surface area contributed by atoms with Gasteiger partial charge >= 0.3 is 0 Å². The molecule has 8 nitrogen and oxygen atoms in total. The van der Waals surface area contributed by atoms with E-state index in [2.05, 4.69) is 4.72 Å². The molecule has 1 aliphatic heterocycles. The fraction of sp³-hybridized carbons (Fsp3) is 0.533. The van der Waals surface area contributed by atoms with E-state index in [1.165, 1.54) is 36.3 Å². The van der Waals surface area contributed by atoms with Crippen molar-refractivity contribution in [3.8, 4) is 0 Å². The number of nitrogens with zero attached hydrogens (tertiary/aromatic N) is 1. The van der Waals surface area contributed by atoms with Gasteiger partial charge in [0.2, 0.25) is 10.0 Å². The number of methoxy groups -OCH3 is 1. The zero-order valence-electron chi connectivity index (χ0n) is 14.1. The van der Waals surface area contributed by atoms with Gasteiger partial charge in [-0.1, -0.05) is 0 Å². The molecule has 25 heavy (non-hydrogen) atoms. The number of carbonyl (C=O) groups is 1. The molecule has 2 rings (SSSR count). The number of nitrogens with one attached hydrogen (secondary N) is 1. The van der Waals surface area contributed by atoms with Crippen LogP contribution in [-0.2, 0) is 24.6 Å². The summed E-state index contributed by atoms with van der Waals surface area (Å²) < 4.78 is 54.4. The average molecular weight is 390 g/mol. The second-order valence-electron chi connectivity index (χ2n) is 5.89. The summed E-state index contributed by atoms with van der Waals surface area (Å²) in [5.41, 5.74) is 0.308. The average Bonchev–Trinajstić information content (AvgIpc) is 2.94. The van der Waals surface area contributed by atoms with Gasteiger partial charge in [-0.15, -0.1) is 0 Å². The summed E-state index contributed by atoms with van der Waals surface area (Å²) in [6, 6.07) is 5.19. The summed E-state index contributed by atoms with van der Waals surface area (Å²) in [7, 11) is -3.71. The number of hydrogen-bond donors (Lipinski definition) is 1. The Hall–Kier alpha value is -1.49. The largest absolute Gasteiger partial charge is 0.383 e. The third-order valence-corrected chi connectivity index (χ3v) is 7.31. The summed E-state index contributed by atoms with van der Waals surface area (Å²) in [6.07, 6.45) is 0.417. The van der Waals surface area contributed by atoms with E-state index in [0.717, 1.165) is 0 Å². The summed E-state index contributed by atoms with van der Waals surface area (Å²) in [5.74, 6) is -0.288. The van der Waals surface area contributed by atoms with Crippen LogP contribution in [0.2, 0.25) is 0 Å². The fourth-order valence-electron chi connectivity index (χ4n) is 2.59. The summed E-state index contributed by atoms with van der Waals surface area (Å²) >= 11 is 0. The van der Waals surface area contributed by atoms with Gasteiger partial charge in [-0.3, -0.25) is 4.79 Å². The molecule has 1 N–H and O–H groups in total. The van der Waals surface area contributed by atoms with Crippen LogP contribution in [0.3, 0.4) is 0 Å². The van der Waals surface area contributed by atoms with E-state index in [1.807, 2.05) is 0 Å². The molecule has 1 aliphatic rings. The lowest BCUT2D eigenvalue weighted by Gasteiger charge is -2.23. The normalized spacial score (nSPS) is 19.7. The van der Waals surface area contributed by atoms with E-state index in [-0.39, 0.29) is 41.5 Å². The molecule has 0 aromatic heterocycles. The zero-order valence-corrected chi connectivity index (χ0v) is 15.8. The predicted octanol–water partition coefficient (Wildman–Crippen LogP) is -0.130. The van der Waals surface area contributed by atoms with Crippen LogP contribution in [0.1, 0.15) is 16.8 Å². The highest BCUT2D eigenvalue weighted by Gasteiger charge is 2.33. The molecule has 0 spiro atoms. The van der Waals surface area contributed by atoms with E-state index in [0.29, 0.717) is 12.0 Å². The van der Waals surface area contributed by atoms with Crippen molar-refractivity contribution >= 4 is 25.8 Å². The molecule has 1 amide bonds. The van der Waals surface area contributed by atoms with Crippen LogP contribution < -0.4 is 4.72 Å². The summed E-state index contributed by atoms with van der Waals surface area (Å²) in [5, 5.41) is 0. The predicted molar refractivity (Wildman–Crippen MR) is 92.7 cm³/mol. The number of benzene rings is 1. The Bertz CT molecular complexity index is 818. The number of rotatable bonds is 7. The Kier molecular flexibility index (Phi) is 6.20. The Morgan fingerprint density at radius 3 is 2.48 bits per heavy atom. The highest BCUT2D eigenvalue weighted by atomic mass is 32.2. The molecular weight excluding hydrogens is 368 g/mol. The Morgan fingerprint density at radius 2 is 1.96 bits per heavy atom. The van der Waals surface area contributed by atoms with Crippen molar-refractivity contribution in [2.45, 2.75) is 17.4 Å². The minimum atomic E-state index is -3.66. The molecule has 0 unspecified atom stereocenters. The van der Waals surface area contributed by atoms with E-state index < -0.39 is 19.9 Å². The van der Waals surface area contributed by atoms with Gasteiger partial charge < -0.3 is 9.64 Å². The number of sulfone groups is 1. The first kappa shape index (κ1) is 19.8. The molecule has 1 fully saturated rings. The van der Waals surface area contributed by atoms with Gasteiger partial charge in [-0.05, 0) is 30.7 Å². The Morgan fingerprint density at radius 1 is 1.32 bits per heavy atom. The minimum Gasteiger partial charge on any atom is -0.383 e. The van der Waals surface area contributed by atoms with E-state index in [9.17, 15) is 21.6 Å². The van der Waals surface area contributed by atoms with Gasteiger partial charge in [-0.2, -0.15) is 0 Å². The second kappa shape index (κ2) is 7.81. The van der Waals surface area contributed by atoms with Crippen LogP contribution in [0, 0.1) is 0 Å². The molecule has 0 radical (unpaired) electrons. The number of amides is 1. The summed E-state index contributed by atoms with van der Waals surface area (Å²) in [6.45, 7) is 0.406. The molecule has 1 atom stereocenters. The van der Waals surface area contributed by atoms with E-state index in [1.54, 1.807) is 7.05 Å². The van der Waals surface area contributed by atoms with Crippen LogP contribution in [-0.4, -0.2) is 72.5 Å². The van der Waals surface area contributed by atoms with Gasteiger partial charge in [-0.25, -0.2) is 21.6 Å². The first-order valence-corrected chi connectivity index (χ1v) is 11.0. The SMILES string of the molecule is COCCNS(=O)(=O)c1ccc(C(=O)N(C)[C@@H]2CCS(=O)(=O)C2)cc1. The molecule has 0 bridgehead atoms. The first-order valence-electron chi connectivity index (χ1n) is 7.72. The second-order valence-corrected chi connectivity index (χ2v) is 9.88. The van der Waals surface area contributed by atoms with Gasteiger partial charge in [0, 0.05) is 32.3 Å². The maximum absolute atomic E-state index is 12.5. The number of carbonyl (C=O) groups excluding carboxylic acids is 1. The molecule has 1 aromatic rings. The molecule has 1 saturated heterocycles. The Labute approximate surface area is 148 Å². The Balaban J connectivity index is 2.07. The quantitative estimate of drug-likeness (QED) is 0.650. The van der Waals surface area contributed by atoms with Crippen molar-refractivity contribution < 1.29 is 26.4 Å². The van der Waals surface area contributed by atoms with Crippen molar-refractivity contribution in [2.24, 2.45) is 0 Å². The highest BCUT2D eigenvalue weighted by Crippen LogP contribution is 2.19. The molecule has 10 heteroatoms. The van der Waals surface area contributed by atoms with Crippen LogP contribution >= 0.6 is 0 Å². The lowest BCUT2D eigenvalue weighted by Crippen LogP contribution is -2.37. The van der Waals surface area contributed by atoms with Crippen molar-refractivity contribution in [1.29, 1.82) is 0 Å². The van der Waals surface area contributed by atoms with E-state index in [4.69, 9.17) is 4.74 Å². The van der Waals surface area contributed by atoms with Crippen LogP contribution in [0.4, 0.5) is 0 Å². The third-order valence-electron chi connectivity index (χ3n) is 4.09. The van der Waals surface area contributed by atoms with Crippen molar-refractivity contribution in [2.75, 3.05) is 38.8 Å². The van der Waals surface area contributed by atoms with Gasteiger partial charge in [0.1, 0.15) is 0 Å². The van der Waals surface area contributed by atoms with Crippen LogP contribution in [0.15, 0.2) is 29.2 Å². The minimum absolute atomic E-state index is 0.0366. The molecule has 140 valence electrons. The number of hydrogen-bond acceptors (Lipinski definition) is 6. The maximum Gasteiger partial charge on any atom is 0.253 e. The molecular formula is C15H22N2O6S2. The molecule has 0 aliphatic carbocycles. The standard InChI is InChI=1S/C15H22N2O6S2/c1-17(13-7-10-24(19,20)11-13)15(18)12-3-5-14(6-4-12)25(21,22)16-8-9-23-2/h3-6,13,16H,7-11H2,1-2H3/t13-/m1/s1. The monoisotopic (exact) mass is 390 g/mol. The maximum atomic E-state index is 12.5. The number of ether oxygens (including phenoxy) is 1. The zero-order chi connectivity index (χ0) is 18.7. The fourth-order valence-corrected chi connectivity index (χ4v) is 5.38. The van der Waals surface area contributed by atoms with Gasteiger partial charge in [0.25, 0.3) is 5.91 Å². The molecule has 1 heterocycles. The lowest BCUT2D eigenvalue weighted by atomic mass is 10.1. The number of sulfonamides is 1. The van der Waals surface area contributed by atoms with Crippen LogP contribution in [0.5, 0.6) is 0 Å².